The number of piperazine rings is 1. The van der Waals surface area contributed by atoms with Gasteiger partial charge in [0.2, 0.25) is 11.8 Å². The maximum atomic E-state index is 12.6. The highest BCUT2D eigenvalue weighted by atomic mass is 79.9. The molecular formula is C17H25BrClN3O2. The number of nitrogens with zero attached hydrogens (tertiary/aromatic N) is 2. The van der Waals surface area contributed by atoms with Crippen molar-refractivity contribution in [2.24, 2.45) is 0 Å². The van der Waals surface area contributed by atoms with E-state index in [1.165, 1.54) is 0 Å². The molecule has 0 bridgehead atoms. The molecule has 1 N–H and O–H groups in total. The first-order chi connectivity index (χ1) is 11.0. The molecule has 0 spiro atoms. The van der Waals surface area contributed by atoms with E-state index >= 15 is 0 Å². The Morgan fingerprint density at radius 2 is 2.08 bits per heavy atom. The van der Waals surface area contributed by atoms with Crippen LogP contribution in [0.4, 0.5) is 0 Å². The lowest BCUT2D eigenvalue weighted by Crippen LogP contribution is -2.56. The van der Waals surface area contributed by atoms with Crippen molar-refractivity contribution < 1.29 is 9.59 Å². The van der Waals surface area contributed by atoms with Crippen molar-refractivity contribution in [1.82, 2.24) is 15.1 Å². The van der Waals surface area contributed by atoms with Crippen LogP contribution in [0.1, 0.15) is 25.8 Å². The number of benzene rings is 1. The van der Waals surface area contributed by atoms with Gasteiger partial charge in [0.1, 0.15) is 0 Å². The second-order valence-corrected chi connectivity index (χ2v) is 6.58. The number of nitrogens with one attached hydrogen (secondary N) is 1. The molecule has 1 aromatic carbocycles. The van der Waals surface area contributed by atoms with Crippen molar-refractivity contribution in [2.45, 2.75) is 32.9 Å². The molecule has 0 radical (unpaired) electrons. The summed E-state index contributed by atoms with van der Waals surface area (Å²) in [6.07, 6.45) is 0.232. The van der Waals surface area contributed by atoms with Gasteiger partial charge in [0.05, 0.1) is 12.5 Å². The summed E-state index contributed by atoms with van der Waals surface area (Å²) in [4.78, 5) is 28.5. The van der Waals surface area contributed by atoms with E-state index < -0.39 is 6.04 Å². The van der Waals surface area contributed by atoms with Gasteiger partial charge in [-0.25, -0.2) is 0 Å². The van der Waals surface area contributed by atoms with Crippen molar-refractivity contribution in [3.8, 4) is 0 Å². The largest absolute Gasteiger partial charge is 0.343 e. The highest BCUT2D eigenvalue weighted by Crippen LogP contribution is 2.16. The molecule has 0 aliphatic carbocycles. The van der Waals surface area contributed by atoms with Crippen molar-refractivity contribution >= 4 is 40.2 Å². The van der Waals surface area contributed by atoms with E-state index in [-0.39, 0.29) is 30.6 Å². The predicted octanol–water partition coefficient (Wildman–Crippen LogP) is 2.43. The lowest BCUT2D eigenvalue weighted by atomic mass is 10.1. The standard InChI is InChI=1S/C17H24BrN3O2.ClH/c1-3-20(4-2)16(22)11-15-17(23)21(9-8-19-15)12-13-6-5-7-14(18)10-13;/h5-7,10,15,19H,3-4,8-9,11-12H2,1-2H3;1H. The Bertz CT molecular complexity index is 567. The summed E-state index contributed by atoms with van der Waals surface area (Å²) >= 11 is 3.45. The van der Waals surface area contributed by atoms with Crippen LogP contribution in [0, 0.1) is 0 Å². The minimum atomic E-state index is -0.413. The molecule has 1 unspecified atom stereocenters. The SMILES string of the molecule is CCN(CC)C(=O)CC1NCCN(Cc2cccc(Br)c2)C1=O.Cl. The summed E-state index contributed by atoms with van der Waals surface area (Å²) < 4.78 is 1.01. The molecule has 2 amide bonds. The number of halogens is 2. The second-order valence-electron chi connectivity index (χ2n) is 5.67. The third kappa shape index (κ3) is 5.46. The number of hydrogen-bond acceptors (Lipinski definition) is 3. The molecule has 134 valence electrons. The first kappa shape index (κ1) is 20.9. The molecule has 1 heterocycles. The summed E-state index contributed by atoms with van der Waals surface area (Å²) in [5.41, 5.74) is 1.09. The monoisotopic (exact) mass is 417 g/mol. The maximum absolute atomic E-state index is 12.6. The zero-order valence-corrected chi connectivity index (χ0v) is 16.5. The number of rotatable bonds is 6. The highest BCUT2D eigenvalue weighted by Gasteiger charge is 2.30. The van der Waals surface area contributed by atoms with Gasteiger partial charge < -0.3 is 15.1 Å². The minimum Gasteiger partial charge on any atom is -0.343 e. The maximum Gasteiger partial charge on any atom is 0.240 e. The molecule has 1 saturated heterocycles. The van der Waals surface area contributed by atoms with Gasteiger partial charge in [-0.2, -0.15) is 0 Å². The first-order valence-electron chi connectivity index (χ1n) is 8.09. The van der Waals surface area contributed by atoms with Crippen LogP contribution in [0.5, 0.6) is 0 Å². The Hall–Kier alpha value is -1.11. The lowest BCUT2D eigenvalue weighted by molar-refractivity contribution is -0.141. The Morgan fingerprint density at radius 1 is 1.38 bits per heavy atom. The Morgan fingerprint density at radius 3 is 2.71 bits per heavy atom. The molecule has 2 rings (SSSR count). The second kappa shape index (κ2) is 10.0. The zero-order chi connectivity index (χ0) is 16.8. The van der Waals surface area contributed by atoms with Crippen molar-refractivity contribution in [1.29, 1.82) is 0 Å². The van der Waals surface area contributed by atoms with Crippen LogP contribution in [-0.2, 0) is 16.1 Å². The summed E-state index contributed by atoms with van der Waals surface area (Å²) in [6.45, 7) is 7.23. The molecular weight excluding hydrogens is 394 g/mol. The van der Waals surface area contributed by atoms with Gasteiger partial charge in [0.25, 0.3) is 0 Å². The van der Waals surface area contributed by atoms with Crippen LogP contribution in [0.15, 0.2) is 28.7 Å². The third-order valence-corrected chi connectivity index (χ3v) is 4.63. The van der Waals surface area contributed by atoms with Crippen molar-refractivity contribution in [3.05, 3.63) is 34.3 Å². The van der Waals surface area contributed by atoms with E-state index in [1.807, 2.05) is 43.0 Å². The molecule has 1 fully saturated rings. The quantitative estimate of drug-likeness (QED) is 0.772. The molecule has 1 aliphatic rings. The Balaban J connectivity index is 0.00000288. The van der Waals surface area contributed by atoms with Crippen LogP contribution < -0.4 is 5.32 Å². The average molecular weight is 419 g/mol. The van der Waals surface area contributed by atoms with E-state index in [0.717, 1.165) is 16.6 Å². The average Bonchev–Trinajstić information content (AvgIpc) is 2.52. The summed E-state index contributed by atoms with van der Waals surface area (Å²) in [5, 5.41) is 3.18. The predicted molar refractivity (Wildman–Crippen MR) is 101 cm³/mol. The first-order valence-corrected chi connectivity index (χ1v) is 8.88. The van der Waals surface area contributed by atoms with Gasteiger partial charge in [-0.15, -0.1) is 12.4 Å². The van der Waals surface area contributed by atoms with E-state index in [4.69, 9.17) is 0 Å². The van der Waals surface area contributed by atoms with E-state index in [9.17, 15) is 9.59 Å². The van der Waals surface area contributed by atoms with Crippen molar-refractivity contribution in [3.63, 3.8) is 0 Å². The summed E-state index contributed by atoms with van der Waals surface area (Å²) in [5.74, 6) is 0.0434. The number of amides is 2. The van der Waals surface area contributed by atoms with Crippen LogP contribution in [0.2, 0.25) is 0 Å². The number of hydrogen-bond donors (Lipinski definition) is 1. The third-order valence-electron chi connectivity index (χ3n) is 4.14. The molecule has 1 aliphatic heterocycles. The van der Waals surface area contributed by atoms with Gasteiger partial charge in [-0.1, -0.05) is 28.1 Å². The van der Waals surface area contributed by atoms with E-state index in [1.54, 1.807) is 4.90 Å². The lowest BCUT2D eigenvalue weighted by Gasteiger charge is -2.34. The van der Waals surface area contributed by atoms with Gasteiger partial charge in [-0.05, 0) is 31.5 Å². The number of carbonyl (C=O) groups is 2. The Labute approximate surface area is 158 Å². The van der Waals surface area contributed by atoms with Crippen LogP contribution in [0.25, 0.3) is 0 Å². The summed E-state index contributed by atoms with van der Waals surface area (Å²) in [6, 6.07) is 7.55. The summed E-state index contributed by atoms with van der Waals surface area (Å²) in [7, 11) is 0. The smallest absolute Gasteiger partial charge is 0.240 e. The minimum absolute atomic E-state index is 0. The van der Waals surface area contributed by atoms with Gasteiger partial charge in [-0.3, -0.25) is 9.59 Å². The molecule has 7 heteroatoms. The molecule has 1 aromatic rings. The molecule has 24 heavy (non-hydrogen) atoms. The van der Waals surface area contributed by atoms with Crippen molar-refractivity contribution in [2.75, 3.05) is 26.2 Å². The fraction of sp³-hybridized carbons (Fsp3) is 0.529. The van der Waals surface area contributed by atoms with Gasteiger partial charge in [0, 0.05) is 37.2 Å². The Kier molecular flexibility index (Phi) is 8.73. The fourth-order valence-electron chi connectivity index (χ4n) is 2.84. The normalized spacial score (nSPS) is 17.4. The van der Waals surface area contributed by atoms with Crippen LogP contribution >= 0.6 is 28.3 Å². The van der Waals surface area contributed by atoms with E-state index in [2.05, 4.69) is 21.2 Å². The highest BCUT2D eigenvalue weighted by molar-refractivity contribution is 9.10. The molecule has 0 aromatic heterocycles. The van der Waals surface area contributed by atoms with Crippen LogP contribution in [-0.4, -0.2) is 53.8 Å². The molecule has 0 saturated carbocycles. The fourth-order valence-corrected chi connectivity index (χ4v) is 3.29. The number of carbonyl (C=O) groups excluding carboxylic acids is 2. The van der Waals surface area contributed by atoms with Gasteiger partial charge in [0.15, 0.2) is 0 Å². The van der Waals surface area contributed by atoms with E-state index in [0.29, 0.717) is 26.2 Å². The molecule has 1 atom stereocenters. The topological polar surface area (TPSA) is 52.7 Å². The zero-order valence-electron chi connectivity index (χ0n) is 14.1. The molecule has 5 nitrogen and oxygen atoms in total. The van der Waals surface area contributed by atoms with Gasteiger partial charge >= 0.3 is 0 Å². The van der Waals surface area contributed by atoms with Crippen LogP contribution in [0.3, 0.4) is 0 Å².